The topological polar surface area (TPSA) is 17.1 Å². The lowest BCUT2D eigenvalue weighted by Gasteiger charge is -2.56. The number of ketones is 1. The molecule has 0 aliphatic heterocycles. The van der Waals surface area contributed by atoms with E-state index < -0.39 is 0 Å². The van der Waals surface area contributed by atoms with Crippen LogP contribution in [0.25, 0.3) is 0 Å². The van der Waals surface area contributed by atoms with Crippen LogP contribution >= 0.6 is 0 Å². The first-order valence-electron chi connectivity index (χ1n) is 7.77. The predicted octanol–water partition coefficient (Wildman–Crippen LogP) is 4.52. The van der Waals surface area contributed by atoms with E-state index in [0.29, 0.717) is 17.6 Å². The summed E-state index contributed by atoms with van der Waals surface area (Å²) in [6, 6.07) is 0. The standard InChI is InChI=1S/C17H26O/c1-3-12(2)4-16(18)11-17-8-13-5-14(9-17)7-15(6-13)10-17/h13-15H,2-11H2,1H3. The van der Waals surface area contributed by atoms with Gasteiger partial charge in [-0.1, -0.05) is 19.1 Å². The Hall–Kier alpha value is -0.590. The van der Waals surface area contributed by atoms with Gasteiger partial charge in [0.1, 0.15) is 5.78 Å². The van der Waals surface area contributed by atoms with Crippen LogP contribution in [0.15, 0.2) is 12.2 Å². The molecule has 0 aromatic rings. The summed E-state index contributed by atoms with van der Waals surface area (Å²) < 4.78 is 0. The monoisotopic (exact) mass is 246 g/mol. The number of allylic oxidation sites excluding steroid dienone is 1. The molecule has 0 unspecified atom stereocenters. The molecule has 4 fully saturated rings. The second kappa shape index (κ2) is 4.51. The summed E-state index contributed by atoms with van der Waals surface area (Å²) >= 11 is 0. The van der Waals surface area contributed by atoms with Crippen LogP contribution < -0.4 is 0 Å². The van der Waals surface area contributed by atoms with Crippen molar-refractivity contribution < 1.29 is 4.79 Å². The van der Waals surface area contributed by atoms with Crippen molar-refractivity contribution in [3.05, 3.63) is 12.2 Å². The average Bonchev–Trinajstić information content (AvgIpc) is 2.25. The minimum atomic E-state index is 0.417. The Labute approximate surface area is 111 Å². The second-order valence-electron chi connectivity index (χ2n) is 7.41. The number of carbonyl (C=O) groups excluding carboxylic acids is 1. The molecule has 0 amide bonds. The lowest BCUT2D eigenvalue weighted by Crippen LogP contribution is -2.46. The van der Waals surface area contributed by atoms with Crippen molar-refractivity contribution in [3.63, 3.8) is 0 Å². The summed E-state index contributed by atoms with van der Waals surface area (Å²) in [6.45, 7) is 6.08. The molecule has 0 spiro atoms. The molecular formula is C17H26O. The van der Waals surface area contributed by atoms with Crippen molar-refractivity contribution >= 4 is 5.78 Å². The van der Waals surface area contributed by atoms with Gasteiger partial charge in [0.15, 0.2) is 0 Å². The van der Waals surface area contributed by atoms with Gasteiger partial charge in [-0.15, -0.1) is 0 Å². The lowest BCUT2D eigenvalue weighted by molar-refractivity contribution is -0.126. The van der Waals surface area contributed by atoms with Crippen molar-refractivity contribution in [3.8, 4) is 0 Å². The van der Waals surface area contributed by atoms with Crippen molar-refractivity contribution in [1.29, 1.82) is 0 Å². The highest BCUT2D eigenvalue weighted by Crippen LogP contribution is 2.61. The van der Waals surface area contributed by atoms with E-state index in [1.807, 2.05) is 0 Å². The van der Waals surface area contributed by atoms with Crippen molar-refractivity contribution in [1.82, 2.24) is 0 Å². The maximum absolute atomic E-state index is 12.2. The first-order chi connectivity index (χ1) is 8.58. The van der Waals surface area contributed by atoms with Gasteiger partial charge in [0.2, 0.25) is 0 Å². The molecule has 0 saturated heterocycles. The van der Waals surface area contributed by atoms with Crippen LogP contribution in [0.4, 0.5) is 0 Å². The zero-order valence-electron chi connectivity index (χ0n) is 11.7. The molecule has 4 aliphatic carbocycles. The third-order valence-corrected chi connectivity index (χ3v) is 5.68. The lowest BCUT2D eigenvalue weighted by atomic mass is 9.48. The van der Waals surface area contributed by atoms with Crippen molar-refractivity contribution in [2.45, 2.75) is 64.7 Å². The third kappa shape index (κ3) is 2.29. The number of hydrogen-bond donors (Lipinski definition) is 0. The molecule has 18 heavy (non-hydrogen) atoms. The fourth-order valence-corrected chi connectivity index (χ4v) is 5.39. The molecule has 0 atom stereocenters. The van der Waals surface area contributed by atoms with E-state index in [9.17, 15) is 4.79 Å². The Balaban J connectivity index is 1.65. The largest absolute Gasteiger partial charge is 0.299 e. The van der Waals surface area contributed by atoms with Crippen LogP contribution in [0, 0.1) is 23.2 Å². The summed E-state index contributed by atoms with van der Waals surface area (Å²) in [7, 11) is 0. The number of hydrogen-bond acceptors (Lipinski definition) is 1. The van der Waals surface area contributed by atoms with Crippen LogP contribution in [0.1, 0.15) is 64.7 Å². The fourth-order valence-electron chi connectivity index (χ4n) is 5.39. The predicted molar refractivity (Wildman–Crippen MR) is 74.3 cm³/mol. The summed E-state index contributed by atoms with van der Waals surface area (Å²) in [5.41, 5.74) is 1.53. The number of carbonyl (C=O) groups is 1. The highest BCUT2D eigenvalue weighted by atomic mass is 16.1. The smallest absolute Gasteiger partial charge is 0.137 e. The molecule has 0 aromatic carbocycles. The molecule has 0 N–H and O–H groups in total. The van der Waals surface area contributed by atoms with Crippen molar-refractivity contribution in [2.75, 3.05) is 0 Å². The molecule has 1 heteroatoms. The quantitative estimate of drug-likeness (QED) is 0.652. The first-order valence-corrected chi connectivity index (χ1v) is 7.77. The highest BCUT2D eigenvalue weighted by Gasteiger charge is 2.51. The summed E-state index contributed by atoms with van der Waals surface area (Å²) in [4.78, 5) is 12.2. The fraction of sp³-hybridized carbons (Fsp3) is 0.824. The van der Waals surface area contributed by atoms with Crippen LogP contribution in [0.5, 0.6) is 0 Å². The van der Waals surface area contributed by atoms with Crippen LogP contribution in [0.2, 0.25) is 0 Å². The van der Waals surface area contributed by atoms with E-state index in [-0.39, 0.29) is 0 Å². The van der Waals surface area contributed by atoms with E-state index in [1.165, 1.54) is 38.5 Å². The van der Waals surface area contributed by atoms with Crippen molar-refractivity contribution in [2.24, 2.45) is 23.2 Å². The molecule has 4 rings (SSSR count). The van der Waals surface area contributed by atoms with Gasteiger partial charge in [0, 0.05) is 12.8 Å². The zero-order chi connectivity index (χ0) is 12.8. The average molecular weight is 246 g/mol. The van der Waals surface area contributed by atoms with Gasteiger partial charge >= 0.3 is 0 Å². The summed E-state index contributed by atoms with van der Waals surface area (Å²) in [5.74, 6) is 3.33. The molecule has 0 radical (unpaired) electrons. The zero-order valence-corrected chi connectivity index (χ0v) is 11.7. The van der Waals surface area contributed by atoms with E-state index in [0.717, 1.165) is 36.2 Å². The number of rotatable bonds is 5. The molecule has 4 saturated carbocycles. The second-order valence-corrected chi connectivity index (χ2v) is 7.41. The molecule has 1 nitrogen and oxygen atoms in total. The van der Waals surface area contributed by atoms with Gasteiger partial charge in [-0.2, -0.15) is 0 Å². The van der Waals surface area contributed by atoms with Gasteiger partial charge in [-0.25, -0.2) is 0 Å². The molecule has 100 valence electrons. The van der Waals surface area contributed by atoms with Crippen LogP contribution in [0.3, 0.4) is 0 Å². The Morgan fingerprint density at radius 1 is 1.11 bits per heavy atom. The Morgan fingerprint density at radius 2 is 1.61 bits per heavy atom. The number of Topliss-reactive ketones (excluding diaryl/α,β-unsaturated/α-hetero) is 1. The van der Waals surface area contributed by atoms with E-state index >= 15 is 0 Å². The Bertz CT molecular complexity index is 331. The molecule has 0 aromatic heterocycles. The Kier molecular flexibility index (Phi) is 3.11. The molecule has 4 bridgehead atoms. The maximum Gasteiger partial charge on any atom is 0.137 e. The van der Waals surface area contributed by atoms with E-state index in [4.69, 9.17) is 0 Å². The summed E-state index contributed by atoms with van der Waals surface area (Å²) in [5, 5.41) is 0. The SMILES string of the molecule is C=C(CC)CC(=O)CC12CC3CC(CC(C3)C1)C2. The minimum Gasteiger partial charge on any atom is -0.299 e. The van der Waals surface area contributed by atoms with Gasteiger partial charge in [-0.05, 0) is 68.1 Å². The molecular weight excluding hydrogens is 220 g/mol. The van der Waals surface area contributed by atoms with E-state index in [1.54, 1.807) is 0 Å². The van der Waals surface area contributed by atoms with Gasteiger partial charge in [-0.3, -0.25) is 4.79 Å². The molecule has 4 aliphatic rings. The molecule has 0 heterocycles. The van der Waals surface area contributed by atoms with Gasteiger partial charge in [0.05, 0.1) is 0 Å². The minimum absolute atomic E-state index is 0.417. The van der Waals surface area contributed by atoms with E-state index in [2.05, 4.69) is 13.5 Å². The third-order valence-electron chi connectivity index (χ3n) is 5.68. The van der Waals surface area contributed by atoms with Crippen LogP contribution in [-0.4, -0.2) is 5.78 Å². The van der Waals surface area contributed by atoms with Gasteiger partial charge < -0.3 is 0 Å². The van der Waals surface area contributed by atoms with Gasteiger partial charge in [0.25, 0.3) is 0 Å². The summed E-state index contributed by atoms with van der Waals surface area (Å²) in [6.07, 6.45) is 10.9. The Morgan fingerprint density at radius 3 is 2.06 bits per heavy atom. The highest BCUT2D eigenvalue weighted by molar-refractivity contribution is 5.81. The maximum atomic E-state index is 12.2. The first kappa shape index (κ1) is 12.4. The van der Waals surface area contributed by atoms with Crippen LogP contribution in [-0.2, 0) is 4.79 Å². The normalized spacial score (nSPS) is 41.1.